The number of thiophene rings is 1. The maximum Gasteiger partial charge on any atom is 0.243 e. The van der Waals surface area contributed by atoms with Crippen LogP contribution in [-0.2, 0) is 27.8 Å². The normalized spacial score (nSPS) is 11.7. The van der Waals surface area contributed by atoms with Crippen LogP contribution in [0, 0.1) is 0 Å². The van der Waals surface area contributed by atoms with Crippen LogP contribution < -0.4 is 5.32 Å². The standard InChI is InChI=1S/C20H23N3O3S3/c1-3-23(4-2)29(25,26)17-9-7-15(8-10-17)13-21-19(24)12-16-14-28-20(22-16)18-6-5-11-27-18/h5-11,14H,3-4,12-13H2,1-2H3,(H,21,24). The zero-order chi connectivity index (χ0) is 20.9. The molecule has 2 heterocycles. The Labute approximate surface area is 179 Å². The summed E-state index contributed by atoms with van der Waals surface area (Å²) < 4.78 is 26.4. The number of thiazole rings is 1. The van der Waals surface area contributed by atoms with Crippen molar-refractivity contribution in [1.29, 1.82) is 0 Å². The number of nitrogens with zero attached hydrogens (tertiary/aromatic N) is 2. The van der Waals surface area contributed by atoms with Crippen LogP contribution in [0.5, 0.6) is 0 Å². The highest BCUT2D eigenvalue weighted by Crippen LogP contribution is 2.27. The molecule has 3 rings (SSSR count). The fourth-order valence-corrected chi connectivity index (χ4v) is 5.91. The topological polar surface area (TPSA) is 79.4 Å². The summed E-state index contributed by atoms with van der Waals surface area (Å²) in [4.78, 5) is 18.1. The Hall–Kier alpha value is -2.07. The summed E-state index contributed by atoms with van der Waals surface area (Å²) in [5.41, 5.74) is 1.59. The summed E-state index contributed by atoms with van der Waals surface area (Å²) in [6.07, 6.45) is 0.219. The second-order valence-corrected chi connectivity index (χ2v) is 10.1. The molecule has 6 nitrogen and oxygen atoms in total. The lowest BCUT2D eigenvalue weighted by atomic mass is 10.2. The van der Waals surface area contributed by atoms with Gasteiger partial charge in [-0.05, 0) is 29.1 Å². The Kier molecular flexibility index (Phi) is 7.18. The molecule has 29 heavy (non-hydrogen) atoms. The highest BCUT2D eigenvalue weighted by Gasteiger charge is 2.21. The van der Waals surface area contributed by atoms with Crippen molar-refractivity contribution in [3.63, 3.8) is 0 Å². The molecule has 0 fully saturated rings. The Bertz CT molecular complexity index is 1040. The van der Waals surface area contributed by atoms with E-state index in [9.17, 15) is 13.2 Å². The molecule has 154 valence electrons. The van der Waals surface area contributed by atoms with E-state index in [1.807, 2.05) is 36.7 Å². The number of hydrogen-bond acceptors (Lipinski definition) is 6. The molecule has 0 saturated heterocycles. The Morgan fingerprint density at radius 3 is 2.45 bits per heavy atom. The first-order valence-electron chi connectivity index (χ1n) is 9.28. The molecule has 0 bridgehead atoms. The van der Waals surface area contributed by atoms with E-state index in [0.29, 0.717) is 19.6 Å². The molecule has 0 spiro atoms. The Balaban J connectivity index is 1.55. The number of sulfonamides is 1. The third-order valence-electron chi connectivity index (χ3n) is 4.38. The van der Waals surface area contributed by atoms with E-state index in [-0.39, 0.29) is 17.2 Å². The van der Waals surface area contributed by atoms with Crippen LogP contribution in [0.25, 0.3) is 9.88 Å². The average Bonchev–Trinajstić information content (AvgIpc) is 3.39. The van der Waals surface area contributed by atoms with Gasteiger partial charge in [0.25, 0.3) is 0 Å². The van der Waals surface area contributed by atoms with Crippen LogP contribution in [0.15, 0.2) is 52.1 Å². The first-order valence-corrected chi connectivity index (χ1v) is 12.5. The van der Waals surface area contributed by atoms with Crippen LogP contribution in [0.4, 0.5) is 0 Å². The molecular formula is C20H23N3O3S3. The van der Waals surface area contributed by atoms with Gasteiger partial charge in [-0.25, -0.2) is 13.4 Å². The van der Waals surface area contributed by atoms with Gasteiger partial charge < -0.3 is 5.32 Å². The van der Waals surface area contributed by atoms with Crippen molar-refractivity contribution in [3.05, 3.63) is 58.4 Å². The van der Waals surface area contributed by atoms with Gasteiger partial charge >= 0.3 is 0 Å². The van der Waals surface area contributed by atoms with Crippen LogP contribution in [-0.4, -0.2) is 36.7 Å². The number of aromatic nitrogens is 1. The summed E-state index contributed by atoms with van der Waals surface area (Å²) in [7, 11) is -3.47. The molecule has 0 aliphatic heterocycles. The number of nitrogens with one attached hydrogen (secondary N) is 1. The number of rotatable bonds is 9. The molecule has 0 atom stereocenters. The lowest BCUT2D eigenvalue weighted by Gasteiger charge is -2.18. The molecule has 1 aromatic carbocycles. The lowest BCUT2D eigenvalue weighted by Crippen LogP contribution is -2.30. The smallest absolute Gasteiger partial charge is 0.243 e. The second kappa shape index (κ2) is 9.62. The van der Waals surface area contributed by atoms with Crippen LogP contribution >= 0.6 is 22.7 Å². The zero-order valence-electron chi connectivity index (χ0n) is 16.3. The minimum atomic E-state index is -3.47. The summed E-state index contributed by atoms with van der Waals surface area (Å²) in [5.74, 6) is -0.118. The first kappa shape index (κ1) is 21.6. The van der Waals surface area contributed by atoms with Crippen molar-refractivity contribution in [2.24, 2.45) is 0 Å². The van der Waals surface area contributed by atoms with Gasteiger partial charge in [0.05, 0.1) is 21.9 Å². The molecule has 0 aliphatic rings. The van der Waals surface area contributed by atoms with Crippen molar-refractivity contribution in [1.82, 2.24) is 14.6 Å². The Morgan fingerprint density at radius 2 is 1.83 bits per heavy atom. The molecule has 3 aromatic rings. The van der Waals surface area contributed by atoms with E-state index in [1.165, 1.54) is 15.6 Å². The first-order chi connectivity index (χ1) is 13.9. The number of amides is 1. The SMILES string of the molecule is CCN(CC)S(=O)(=O)c1ccc(CNC(=O)Cc2csc(-c3cccs3)n2)cc1. The fraction of sp³-hybridized carbons (Fsp3) is 0.300. The van der Waals surface area contributed by atoms with Gasteiger partial charge in [0, 0.05) is 25.0 Å². The third-order valence-corrected chi connectivity index (χ3v) is 8.38. The van der Waals surface area contributed by atoms with Crippen molar-refractivity contribution in [2.45, 2.75) is 31.7 Å². The van der Waals surface area contributed by atoms with E-state index in [2.05, 4.69) is 10.3 Å². The van der Waals surface area contributed by atoms with Gasteiger partial charge in [-0.15, -0.1) is 22.7 Å². The van der Waals surface area contributed by atoms with Crippen LogP contribution in [0.2, 0.25) is 0 Å². The number of carbonyl (C=O) groups excluding carboxylic acids is 1. The summed E-state index contributed by atoms with van der Waals surface area (Å²) >= 11 is 3.16. The predicted octanol–water partition coefficient (Wildman–Crippen LogP) is 3.76. The minimum absolute atomic E-state index is 0.118. The molecular weight excluding hydrogens is 426 g/mol. The molecule has 0 radical (unpaired) electrons. The molecule has 1 amide bonds. The number of carbonyl (C=O) groups is 1. The van der Waals surface area contributed by atoms with Gasteiger partial charge in [-0.1, -0.05) is 32.0 Å². The maximum atomic E-state index is 12.5. The summed E-state index contributed by atoms with van der Waals surface area (Å²) in [5, 5.41) is 7.69. The van der Waals surface area contributed by atoms with Gasteiger partial charge in [-0.2, -0.15) is 4.31 Å². The zero-order valence-corrected chi connectivity index (χ0v) is 18.7. The van der Waals surface area contributed by atoms with Crippen molar-refractivity contribution >= 4 is 38.6 Å². The van der Waals surface area contributed by atoms with E-state index < -0.39 is 10.0 Å². The van der Waals surface area contributed by atoms with Crippen LogP contribution in [0.1, 0.15) is 25.1 Å². The molecule has 2 aromatic heterocycles. The molecule has 0 unspecified atom stereocenters. The van der Waals surface area contributed by atoms with Crippen LogP contribution in [0.3, 0.4) is 0 Å². The van der Waals surface area contributed by atoms with E-state index >= 15 is 0 Å². The van der Waals surface area contributed by atoms with Gasteiger partial charge in [0.15, 0.2) is 0 Å². The molecule has 0 saturated carbocycles. The average molecular weight is 450 g/mol. The predicted molar refractivity (Wildman–Crippen MR) is 118 cm³/mol. The van der Waals surface area contributed by atoms with E-state index in [1.54, 1.807) is 35.6 Å². The van der Waals surface area contributed by atoms with Gasteiger partial charge in [0.1, 0.15) is 5.01 Å². The van der Waals surface area contributed by atoms with E-state index in [4.69, 9.17) is 0 Å². The maximum absolute atomic E-state index is 12.5. The molecule has 9 heteroatoms. The van der Waals surface area contributed by atoms with E-state index in [0.717, 1.165) is 21.1 Å². The largest absolute Gasteiger partial charge is 0.352 e. The van der Waals surface area contributed by atoms with Gasteiger partial charge in [-0.3, -0.25) is 4.79 Å². The monoisotopic (exact) mass is 449 g/mol. The highest BCUT2D eigenvalue weighted by atomic mass is 32.2. The second-order valence-electron chi connectivity index (χ2n) is 6.31. The summed E-state index contributed by atoms with van der Waals surface area (Å²) in [6, 6.07) is 10.6. The Morgan fingerprint density at radius 1 is 1.10 bits per heavy atom. The van der Waals surface area contributed by atoms with Crippen molar-refractivity contribution in [2.75, 3.05) is 13.1 Å². The molecule has 1 N–H and O–H groups in total. The highest BCUT2D eigenvalue weighted by molar-refractivity contribution is 7.89. The lowest BCUT2D eigenvalue weighted by molar-refractivity contribution is -0.120. The number of hydrogen-bond donors (Lipinski definition) is 1. The molecule has 0 aliphatic carbocycles. The third kappa shape index (κ3) is 5.30. The quantitative estimate of drug-likeness (QED) is 0.539. The number of benzene rings is 1. The minimum Gasteiger partial charge on any atom is -0.352 e. The van der Waals surface area contributed by atoms with Gasteiger partial charge in [0.2, 0.25) is 15.9 Å². The summed E-state index contributed by atoms with van der Waals surface area (Å²) in [6.45, 7) is 4.84. The fourth-order valence-electron chi connectivity index (χ4n) is 2.82. The van der Waals surface area contributed by atoms with Crippen molar-refractivity contribution in [3.8, 4) is 9.88 Å². The van der Waals surface area contributed by atoms with Crippen molar-refractivity contribution < 1.29 is 13.2 Å².